The van der Waals surface area contributed by atoms with Crippen molar-refractivity contribution < 1.29 is 19.1 Å². The van der Waals surface area contributed by atoms with Crippen molar-refractivity contribution in [2.75, 3.05) is 26.0 Å². The van der Waals surface area contributed by atoms with Gasteiger partial charge in [-0.2, -0.15) is 5.10 Å². The van der Waals surface area contributed by atoms with Crippen LogP contribution in [0.15, 0.2) is 6.20 Å². The normalized spacial score (nSPS) is 10.9. The Kier molecular flexibility index (Phi) is 6.34. The number of carbonyl (C=O) groups is 3. The highest BCUT2D eigenvalue weighted by Crippen LogP contribution is 2.33. The molecule has 2 amide bonds. The number of thiophene rings is 1. The van der Waals surface area contributed by atoms with E-state index in [1.165, 1.54) is 7.11 Å². The number of esters is 1. The number of primary amides is 1. The van der Waals surface area contributed by atoms with Gasteiger partial charge in [0.15, 0.2) is 0 Å². The number of nitrogens with zero attached hydrogens (tertiary/aromatic N) is 3. The maximum absolute atomic E-state index is 12.4. The summed E-state index contributed by atoms with van der Waals surface area (Å²) in [6, 6.07) is 0. The zero-order valence-electron chi connectivity index (χ0n) is 16.0. The molecule has 9 nitrogen and oxygen atoms in total. The highest BCUT2D eigenvalue weighted by Gasteiger charge is 2.25. The van der Waals surface area contributed by atoms with Crippen LogP contribution in [0.4, 0.5) is 5.00 Å². The Balaban J connectivity index is 2.12. The summed E-state index contributed by atoms with van der Waals surface area (Å²) >= 11 is 0.964. The van der Waals surface area contributed by atoms with Crippen LogP contribution in [0.2, 0.25) is 0 Å². The number of hydrogen-bond acceptors (Lipinski definition) is 7. The number of likely N-dealkylation sites (N-methyl/N-ethyl adjacent to an activating group) is 1. The van der Waals surface area contributed by atoms with Crippen molar-refractivity contribution in [1.82, 2.24) is 14.7 Å². The molecule has 0 atom stereocenters. The lowest BCUT2D eigenvalue weighted by Crippen LogP contribution is -2.30. The maximum Gasteiger partial charge on any atom is 0.341 e. The van der Waals surface area contributed by atoms with Crippen LogP contribution in [0.3, 0.4) is 0 Å². The molecule has 0 aliphatic heterocycles. The molecular formula is C17H23N5O4S. The second-order valence-electron chi connectivity index (χ2n) is 6.22. The quantitative estimate of drug-likeness (QED) is 0.679. The van der Waals surface area contributed by atoms with Gasteiger partial charge in [-0.3, -0.25) is 19.2 Å². The van der Waals surface area contributed by atoms with E-state index in [0.29, 0.717) is 12.1 Å². The Labute approximate surface area is 161 Å². The molecule has 27 heavy (non-hydrogen) atoms. The van der Waals surface area contributed by atoms with Gasteiger partial charge in [-0.25, -0.2) is 4.79 Å². The lowest BCUT2D eigenvalue weighted by molar-refractivity contribution is -0.117. The average Bonchev–Trinajstić information content (AvgIpc) is 3.08. The standard InChI is InChI=1S/C17H23N5O4S/c1-9-13(17(25)26-5)16(27-14(9)15(18)24)20-12(23)8-21(3)7-11-6-19-22(4)10(11)2/h6H,7-8H2,1-5H3,(H2,18,24)(H,20,23). The lowest BCUT2D eigenvalue weighted by atomic mass is 10.1. The number of rotatable bonds is 7. The molecule has 0 fully saturated rings. The van der Waals surface area contributed by atoms with E-state index in [0.717, 1.165) is 22.6 Å². The highest BCUT2D eigenvalue weighted by molar-refractivity contribution is 7.18. The molecule has 0 saturated heterocycles. The van der Waals surface area contributed by atoms with Gasteiger partial charge in [-0.1, -0.05) is 0 Å². The molecule has 2 aromatic rings. The number of nitrogens with one attached hydrogen (secondary N) is 1. The summed E-state index contributed by atoms with van der Waals surface area (Å²) in [5.74, 6) is -1.61. The smallest absolute Gasteiger partial charge is 0.341 e. The molecule has 2 rings (SSSR count). The molecular weight excluding hydrogens is 370 g/mol. The fourth-order valence-corrected chi connectivity index (χ4v) is 3.71. The Hall–Kier alpha value is -2.72. The van der Waals surface area contributed by atoms with E-state index in [-0.39, 0.29) is 27.9 Å². The second-order valence-corrected chi connectivity index (χ2v) is 7.24. The van der Waals surface area contributed by atoms with Gasteiger partial charge in [-0.15, -0.1) is 11.3 Å². The molecule has 0 aromatic carbocycles. The molecule has 2 aromatic heterocycles. The Morgan fingerprint density at radius 2 is 2.04 bits per heavy atom. The molecule has 0 aliphatic carbocycles. The van der Waals surface area contributed by atoms with Crippen LogP contribution in [-0.2, 0) is 23.1 Å². The monoisotopic (exact) mass is 393 g/mol. The molecule has 0 radical (unpaired) electrons. The maximum atomic E-state index is 12.4. The largest absolute Gasteiger partial charge is 0.465 e. The fraction of sp³-hybridized carbons (Fsp3) is 0.412. The molecule has 0 aliphatic rings. The summed E-state index contributed by atoms with van der Waals surface area (Å²) in [4.78, 5) is 38.0. The van der Waals surface area contributed by atoms with E-state index in [2.05, 4.69) is 10.4 Å². The molecule has 0 spiro atoms. The number of aryl methyl sites for hydroxylation is 1. The van der Waals surface area contributed by atoms with Crippen molar-refractivity contribution in [3.05, 3.63) is 33.5 Å². The van der Waals surface area contributed by atoms with Gasteiger partial charge in [0.25, 0.3) is 5.91 Å². The predicted octanol–water partition coefficient (Wildman–Crippen LogP) is 1.05. The van der Waals surface area contributed by atoms with Crippen LogP contribution < -0.4 is 11.1 Å². The lowest BCUT2D eigenvalue weighted by Gasteiger charge is -2.16. The molecule has 0 bridgehead atoms. The summed E-state index contributed by atoms with van der Waals surface area (Å²) in [5, 5.41) is 7.12. The summed E-state index contributed by atoms with van der Waals surface area (Å²) in [5.41, 5.74) is 7.93. The number of aromatic nitrogens is 2. The summed E-state index contributed by atoms with van der Waals surface area (Å²) in [6.07, 6.45) is 1.76. The van der Waals surface area contributed by atoms with Gasteiger partial charge < -0.3 is 15.8 Å². The summed E-state index contributed by atoms with van der Waals surface area (Å²) < 4.78 is 6.52. The minimum absolute atomic E-state index is 0.0950. The SMILES string of the molecule is COC(=O)c1c(NC(=O)CN(C)Cc2cnn(C)c2C)sc(C(N)=O)c1C. The van der Waals surface area contributed by atoms with Crippen LogP contribution >= 0.6 is 11.3 Å². The third-order valence-corrected chi connectivity index (χ3v) is 5.43. The van der Waals surface area contributed by atoms with Gasteiger partial charge in [0.05, 0.1) is 30.3 Å². The van der Waals surface area contributed by atoms with E-state index in [4.69, 9.17) is 10.5 Å². The number of hydrogen-bond donors (Lipinski definition) is 2. The average molecular weight is 393 g/mol. The second kappa shape index (κ2) is 8.31. The Morgan fingerprint density at radius 1 is 1.37 bits per heavy atom. The van der Waals surface area contributed by atoms with Crippen LogP contribution in [0.5, 0.6) is 0 Å². The molecule has 2 heterocycles. The first kappa shape index (κ1) is 20.6. The van der Waals surface area contributed by atoms with E-state index < -0.39 is 11.9 Å². The number of amides is 2. The van der Waals surface area contributed by atoms with E-state index in [1.54, 1.807) is 17.8 Å². The number of anilines is 1. The van der Waals surface area contributed by atoms with Crippen molar-refractivity contribution in [2.45, 2.75) is 20.4 Å². The van der Waals surface area contributed by atoms with Crippen molar-refractivity contribution in [2.24, 2.45) is 12.8 Å². The van der Waals surface area contributed by atoms with Gasteiger partial charge in [0.1, 0.15) is 5.00 Å². The van der Waals surface area contributed by atoms with Crippen molar-refractivity contribution in [1.29, 1.82) is 0 Å². The van der Waals surface area contributed by atoms with Gasteiger partial charge in [-0.05, 0) is 26.5 Å². The van der Waals surface area contributed by atoms with E-state index >= 15 is 0 Å². The minimum atomic E-state index is -0.660. The summed E-state index contributed by atoms with van der Waals surface area (Å²) in [6.45, 7) is 4.19. The predicted molar refractivity (Wildman–Crippen MR) is 102 cm³/mol. The van der Waals surface area contributed by atoms with Gasteiger partial charge >= 0.3 is 5.97 Å². The number of carbonyl (C=O) groups excluding carboxylic acids is 3. The zero-order valence-corrected chi connectivity index (χ0v) is 16.8. The number of methoxy groups -OCH3 is 1. The molecule has 3 N–H and O–H groups in total. The third-order valence-electron chi connectivity index (χ3n) is 4.20. The topological polar surface area (TPSA) is 120 Å². The van der Waals surface area contributed by atoms with Crippen molar-refractivity contribution >= 4 is 34.1 Å². The highest BCUT2D eigenvalue weighted by atomic mass is 32.1. The van der Waals surface area contributed by atoms with Crippen LogP contribution in [0.25, 0.3) is 0 Å². The fourth-order valence-electron chi connectivity index (χ4n) is 2.64. The molecule has 0 saturated carbocycles. The van der Waals surface area contributed by atoms with E-state index in [9.17, 15) is 14.4 Å². The van der Waals surface area contributed by atoms with Crippen LogP contribution in [0, 0.1) is 13.8 Å². The van der Waals surface area contributed by atoms with Gasteiger partial charge in [0, 0.05) is 24.8 Å². The Bertz CT molecular complexity index is 886. The first-order valence-corrected chi connectivity index (χ1v) is 8.94. The van der Waals surface area contributed by atoms with E-state index in [1.807, 2.05) is 25.9 Å². The van der Waals surface area contributed by atoms with Gasteiger partial charge in [0.2, 0.25) is 5.91 Å². The number of nitrogens with two attached hydrogens (primary N) is 1. The first-order chi connectivity index (χ1) is 12.6. The minimum Gasteiger partial charge on any atom is -0.465 e. The van der Waals surface area contributed by atoms with Crippen LogP contribution in [0.1, 0.15) is 36.9 Å². The number of ether oxygens (including phenoxy) is 1. The molecule has 10 heteroatoms. The van der Waals surface area contributed by atoms with Crippen molar-refractivity contribution in [3.8, 4) is 0 Å². The van der Waals surface area contributed by atoms with Crippen LogP contribution in [-0.4, -0.2) is 53.2 Å². The molecule has 0 unspecified atom stereocenters. The summed E-state index contributed by atoms with van der Waals surface area (Å²) in [7, 11) is 4.90. The zero-order chi connectivity index (χ0) is 20.3. The first-order valence-electron chi connectivity index (χ1n) is 8.13. The third kappa shape index (κ3) is 4.52. The van der Waals surface area contributed by atoms with Crippen molar-refractivity contribution in [3.63, 3.8) is 0 Å². The molecule has 146 valence electrons. The Morgan fingerprint density at radius 3 is 2.56 bits per heavy atom.